The second-order valence-electron chi connectivity index (χ2n) is 7.36. The van der Waals surface area contributed by atoms with Gasteiger partial charge in [-0.3, -0.25) is 29.3 Å². The van der Waals surface area contributed by atoms with Crippen LogP contribution in [0.4, 0.5) is 0 Å². The minimum absolute atomic E-state index is 0.212. The van der Waals surface area contributed by atoms with Crippen LogP contribution in [0.5, 0.6) is 5.75 Å². The molecule has 1 aliphatic heterocycles. The Bertz CT molecular complexity index is 973. The van der Waals surface area contributed by atoms with Crippen LogP contribution >= 0.6 is 0 Å². The molecule has 190 valence electrons. The molecule has 1 heterocycles. The third-order valence-electron chi connectivity index (χ3n) is 4.47. The van der Waals surface area contributed by atoms with Gasteiger partial charge in [0.15, 0.2) is 12.2 Å². The van der Waals surface area contributed by atoms with E-state index < -0.39 is 59.5 Å². The van der Waals surface area contributed by atoms with Crippen LogP contribution in [0.3, 0.4) is 0 Å². The van der Waals surface area contributed by atoms with Crippen LogP contribution in [-0.2, 0) is 42.9 Å². The zero-order chi connectivity index (χ0) is 26.1. The SMILES string of the molecule is CC(=O)OC[C@H]1O[C@@H](Oc2ccc(/C=C/[N+](=O)[O-])cc2)[C@H](OC(C)=O)[C@@H](OC(C)=O)[C@@H]1OC(C)=O. The molecule has 0 unspecified atom stereocenters. The van der Waals surface area contributed by atoms with E-state index in [0.29, 0.717) is 5.56 Å². The molecule has 0 amide bonds. The lowest BCUT2D eigenvalue weighted by atomic mass is 9.98. The van der Waals surface area contributed by atoms with E-state index in [1.165, 1.54) is 30.3 Å². The number of benzene rings is 1. The summed E-state index contributed by atoms with van der Waals surface area (Å²) < 4.78 is 32.6. The summed E-state index contributed by atoms with van der Waals surface area (Å²) >= 11 is 0. The van der Waals surface area contributed by atoms with E-state index in [4.69, 9.17) is 28.4 Å². The van der Waals surface area contributed by atoms with Gasteiger partial charge in [0, 0.05) is 33.8 Å². The van der Waals surface area contributed by atoms with E-state index in [1.54, 1.807) is 0 Å². The highest BCUT2D eigenvalue weighted by Gasteiger charge is 2.53. The van der Waals surface area contributed by atoms with E-state index in [1.807, 2.05) is 0 Å². The largest absolute Gasteiger partial charge is 0.463 e. The van der Waals surface area contributed by atoms with Crippen LogP contribution in [0.25, 0.3) is 6.08 Å². The number of esters is 4. The van der Waals surface area contributed by atoms with Crippen LogP contribution in [0, 0.1) is 10.1 Å². The molecule has 0 aromatic heterocycles. The maximum Gasteiger partial charge on any atom is 0.303 e. The second kappa shape index (κ2) is 12.5. The normalized spacial score (nSPS) is 23.7. The molecule has 1 aliphatic rings. The molecule has 13 nitrogen and oxygen atoms in total. The fourth-order valence-corrected chi connectivity index (χ4v) is 3.22. The molecule has 1 fully saturated rings. The number of hydrogen-bond donors (Lipinski definition) is 0. The number of hydrogen-bond acceptors (Lipinski definition) is 12. The first-order valence-electron chi connectivity index (χ1n) is 10.3. The molecule has 1 aromatic rings. The molecule has 13 heteroatoms. The van der Waals surface area contributed by atoms with Crippen LogP contribution in [0.2, 0.25) is 0 Å². The number of carbonyl (C=O) groups excluding carboxylic acids is 4. The highest BCUT2D eigenvalue weighted by atomic mass is 16.7. The highest BCUT2D eigenvalue weighted by Crippen LogP contribution is 2.31. The van der Waals surface area contributed by atoms with Crippen molar-refractivity contribution in [1.29, 1.82) is 0 Å². The van der Waals surface area contributed by atoms with E-state index in [0.717, 1.165) is 33.9 Å². The first-order chi connectivity index (χ1) is 16.5. The third-order valence-corrected chi connectivity index (χ3v) is 4.47. The van der Waals surface area contributed by atoms with E-state index in [9.17, 15) is 29.3 Å². The Kier molecular flexibility index (Phi) is 9.70. The predicted molar refractivity (Wildman–Crippen MR) is 115 cm³/mol. The number of nitrogens with zero attached hydrogens (tertiary/aromatic N) is 1. The molecule has 0 bridgehead atoms. The fourth-order valence-electron chi connectivity index (χ4n) is 3.22. The minimum Gasteiger partial charge on any atom is -0.463 e. The van der Waals surface area contributed by atoms with Gasteiger partial charge in [0.05, 0.1) is 4.92 Å². The molecule has 35 heavy (non-hydrogen) atoms. The summed E-state index contributed by atoms with van der Waals surface area (Å²) in [5.41, 5.74) is 0.510. The summed E-state index contributed by atoms with van der Waals surface area (Å²) in [5.74, 6) is -2.70. The van der Waals surface area contributed by atoms with Crippen molar-refractivity contribution in [1.82, 2.24) is 0 Å². The van der Waals surface area contributed by atoms with E-state index in [2.05, 4.69) is 0 Å². The second-order valence-corrected chi connectivity index (χ2v) is 7.36. The molecular formula is C22H25NO12. The van der Waals surface area contributed by atoms with Crippen molar-refractivity contribution in [2.75, 3.05) is 6.61 Å². The summed E-state index contributed by atoms with van der Waals surface area (Å²) in [6, 6.07) is 6.02. The Balaban J connectivity index is 2.40. The Labute approximate surface area is 200 Å². The molecule has 1 aromatic carbocycles. The number of rotatable bonds is 9. The van der Waals surface area contributed by atoms with Crippen molar-refractivity contribution in [3.8, 4) is 5.75 Å². The van der Waals surface area contributed by atoms with Gasteiger partial charge in [-0.2, -0.15) is 0 Å². The van der Waals surface area contributed by atoms with Crippen molar-refractivity contribution in [2.24, 2.45) is 0 Å². The standard InChI is InChI=1S/C22H25NO12/c1-12(24)30-11-18-19(31-13(2)25)20(32-14(3)26)21(33-15(4)27)22(35-18)34-17-7-5-16(6-8-17)9-10-23(28)29/h5-10,18-22H,11H2,1-4H3/b10-9+/t18-,19-,20+,21-,22-/m1/s1. The van der Waals surface area contributed by atoms with Gasteiger partial charge in [0.2, 0.25) is 18.6 Å². The average Bonchev–Trinajstić information content (AvgIpc) is 2.75. The lowest BCUT2D eigenvalue weighted by Gasteiger charge is -2.43. The molecule has 0 N–H and O–H groups in total. The van der Waals surface area contributed by atoms with Gasteiger partial charge in [-0.05, 0) is 17.7 Å². The maximum absolute atomic E-state index is 11.8. The van der Waals surface area contributed by atoms with Crippen molar-refractivity contribution in [3.05, 3.63) is 46.1 Å². The summed E-state index contributed by atoms with van der Waals surface area (Å²) in [6.07, 6.45) is -4.50. The first-order valence-corrected chi connectivity index (χ1v) is 10.3. The lowest BCUT2D eigenvalue weighted by molar-refractivity contribution is -0.400. The smallest absolute Gasteiger partial charge is 0.303 e. The number of carbonyl (C=O) groups is 4. The summed E-state index contributed by atoms with van der Waals surface area (Å²) in [6.45, 7) is 4.12. The van der Waals surface area contributed by atoms with Crippen molar-refractivity contribution < 1.29 is 52.5 Å². The topological polar surface area (TPSA) is 167 Å². The van der Waals surface area contributed by atoms with Gasteiger partial charge >= 0.3 is 23.9 Å². The van der Waals surface area contributed by atoms with Gasteiger partial charge in [-0.25, -0.2) is 0 Å². The lowest BCUT2D eigenvalue weighted by Crippen LogP contribution is -2.63. The fraction of sp³-hybridized carbons (Fsp3) is 0.455. The molecule has 1 saturated heterocycles. The Morgan fingerprint density at radius 1 is 0.886 bits per heavy atom. The van der Waals surface area contributed by atoms with E-state index >= 15 is 0 Å². The highest BCUT2D eigenvalue weighted by molar-refractivity contribution is 5.68. The zero-order valence-corrected chi connectivity index (χ0v) is 19.4. The third kappa shape index (κ3) is 8.70. The molecule has 0 aliphatic carbocycles. The Morgan fingerprint density at radius 2 is 1.43 bits per heavy atom. The Hall–Kier alpha value is -4.00. The summed E-state index contributed by atoms with van der Waals surface area (Å²) in [7, 11) is 0. The van der Waals surface area contributed by atoms with Crippen molar-refractivity contribution in [2.45, 2.75) is 58.4 Å². The monoisotopic (exact) mass is 495 g/mol. The molecular weight excluding hydrogens is 470 g/mol. The molecule has 0 saturated carbocycles. The van der Waals surface area contributed by atoms with Gasteiger partial charge in [-0.1, -0.05) is 12.1 Å². The molecule has 0 radical (unpaired) electrons. The molecule has 0 spiro atoms. The molecule has 5 atom stereocenters. The first kappa shape index (κ1) is 27.2. The summed E-state index contributed by atoms with van der Waals surface area (Å²) in [4.78, 5) is 56.6. The van der Waals surface area contributed by atoms with Gasteiger partial charge in [0.1, 0.15) is 18.5 Å². The van der Waals surface area contributed by atoms with Crippen LogP contribution in [-0.4, -0.2) is 66.1 Å². The predicted octanol–water partition coefficient (Wildman–Crippen LogP) is 1.40. The van der Waals surface area contributed by atoms with Crippen molar-refractivity contribution >= 4 is 30.0 Å². The quantitative estimate of drug-likeness (QED) is 0.209. The minimum atomic E-state index is -1.38. The van der Waals surface area contributed by atoms with Crippen LogP contribution < -0.4 is 4.74 Å². The maximum atomic E-state index is 11.8. The van der Waals surface area contributed by atoms with Crippen molar-refractivity contribution in [3.63, 3.8) is 0 Å². The Morgan fingerprint density at radius 3 is 1.94 bits per heavy atom. The van der Waals surface area contributed by atoms with Gasteiger partial charge < -0.3 is 28.4 Å². The summed E-state index contributed by atoms with van der Waals surface area (Å²) in [5, 5.41) is 10.5. The van der Waals surface area contributed by atoms with Gasteiger partial charge in [-0.15, -0.1) is 0 Å². The molecule has 2 rings (SSSR count). The van der Waals surface area contributed by atoms with Crippen LogP contribution in [0.15, 0.2) is 30.5 Å². The number of nitro groups is 1. The number of ether oxygens (including phenoxy) is 6. The van der Waals surface area contributed by atoms with Gasteiger partial charge in [0.25, 0.3) is 0 Å². The zero-order valence-electron chi connectivity index (χ0n) is 19.4. The van der Waals surface area contributed by atoms with E-state index in [-0.39, 0.29) is 12.4 Å². The average molecular weight is 495 g/mol. The van der Waals surface area contributed by atoms with Crippen LogP contribution in [0.1, 0.15) is 33.3 Å².